The SMILES string of the molecule is NC(Cc1cn(Cc2ccc(Cl)cc2Cl)nn1)C(=O)O. The first-order valence-electron chi connectivity index (χ1n) is 5.77. The molecule has 8 heteroatoms. The van der Waals surface area contributed by atoms with Crippen molar-refractivity contribution in [2.45, 2.75) is 19.0 Å². The van der Waals surface area contributed by atoms with Crippen LogP contribution in [0.1, 0.15) is 11.3 Å². The van der Waals surface area contributed by atoms with Crippen LogP contribution < -0.4 is 5.73 Å². The second-order valence-electron chi connectivity index (χ2n) is 4.29. The van der Waals surface area contributed by atoms with Crippen molar-refractivity contribution < 1.29 is 9.90 Å². The highest BCUT2D eigenvalue weighted by Crippen LogP contribution is 2.21. The van der Waals surface area contributed by atoms with E-state index >= 15 is 0 Å². The van der Waals surface area contributed by atoms with Crippen LogP contribution in [0.4, 0.5) is 0 Å². The summed E-state index contributed by atoms with van der Waals surface area (Å²) in [5.41, 5.74) is 6.80. The summed E-state index contributed by atoms with van der Waals surface area (Å²) < 4.78 is 1.57. The molecule has 0 radical (unpaired) electrons. The van der Waals surface area contributed by atoms with Crippen LogP contribution in [0.2, 0.25) is 10.0 Å². The normalized spacial score (nSPS) is 12.3. The Bertz CT molecular complexity index is 630. The fourth-order valence-corrected chi connectivity index (χ4v) is 2.11. The van der Waals surface area contributed by atoms with Gasteiger partial charge in [-0.3, -0.25) is 4.79 Å². The zero-order chi connectivity index (χ0) is 14.7. The molecule has 6 nitrogen and oxygen atoms in total. The molecule has 3 N–H and O–H groups in total. The molecule has 2 rings (SSSR count). The lowest BCUT2D eigenvalue weighted by Gasteiger charge is -2.04. The summed E-state index contributed by atoms with van der Waals surface area (Å²) >= 11 is 11.9. The van der Waals surface area contributed by atoms with Crippen molar-refractivity contribution in [2.24, 2.45) is 5.73 Å². The van der Waals surface area contributed by atoms with Gasteiger partial charge in [-0.1, -0.05) is 34.5 Å². The molecule has 0 saturated heterocycles. The van der Waals surface area contributed by atoms with Gasteiger partial charge in [-0.25, -0.2) is 4.68 Å². The number of carboxylic acids is 1. The average molecular weight is 315 g/mol. The second-order valence-corrected chi connectivity index (χ2v) is 5.14. The van der Waals surface area contributed by atoms with Crippen LogP contribution >= 0.6 is 23.2 Å². The summed E-state index contributed by atoms with van der Waals surface area (Å²) in [6.45, 7) is 0.422. The van der Waals surface area contributed by atoms with E-state index in [2.05, 4.69) is 10.3 Å². The minimum absolute atomic E-state index is 0.129. The van der Waals surface area contributed by atoms with Gasteiger partial charge in [0.05, 0.1) is 12.2 Å². The number of benzene rings is 1. The standard InChI is InChI=1S/C12H12Cl2N4O2/c13-8-2-1-7(10(14)3-8)5-18-6-9(16-17-18)4-11(15)12(19)20/h1-3,6,11H,4-5,15H2,(H,19,20). The molecule has 0 spiro atoms. The Hall–Kier alpha value is -1.63. The smallest absolute Gasteiger partial charge is 0.320 e. The third kappa shape index (κ3) is 3.69. The van der Waals surface area contributed by atoms with Gasteiger partial charge in [-0.15, -0.1) is 5.10 Å². The summed E-state index contributed by atoms with van der Waals surface area (Å²) in [6.07, 6.45) is 1.78. The number of hydrogen-bond acceptors (Lipinski definition) is 4. The van der Waals surface area contributed by atoms with Gasteiger partial charge >= 0.3 is 5.97 Å². The van der Waals surface area contributed by atoms with Crippen molar-refractivity contribution in [2.75, 3.05) is 0 Å². The highest BCUT2D eigenvalue weighted by Gasteiger charge is 2.14. The molecule has 20 heavy (non-hydrogen) atoms. The Balaban J connectivity index is 2.07. The number of carbonyl (C=O) groups is 1. The van der Waals surface area contributed by atoms with Gasteiger partial charge < -0.3 is 10.8 Å². The molecule has 0 aliphatic carbocycles. The van der Waals surface area contributed by atoms with Crippen LogP contribution in [0.25, 0.3) is 0 Å². The van der Waals surface area contributed by atoms with Crippen LogP contribution in [0.5, 0.6) is 0 Å². The highest BCUT2D eigenvalue weighted by atomic mass is 35.5. The number of carboxylic acid groups (broad SMARTS) is 1. The molecule has 1 aromatic carbocycles. The number of rotatable bonds is 5. The lowest BCUT2D eigenvalue weighted by molar-refractivity contribution is -0.138. The Kier molecular flexibility index (Phi) is 4.59. The van der Waals surface area contributed by atoms with Crippen molar-refractivity contribution in [3.8, 4) is 0 Å². The number of halogens is 2. The summed E-state index contributed by atoms with van der Waals surface area (Å²) in [5, 5.41) is 17.6. The molecular weight excluding hydrogens is 303 g/mol. The summed E-state index contributed by atoms with van der Waals surface area (Å²) in [5.74, 6) is -1.07. The molecule has 1 atom stereocenters. The van der Waals surface area contributed by atoms with Crippen LogP contribution in [0.15, 0.2) is 24.4 Å². The molecule has 2 aromatic rings. The molecule has 0 aliphatic rings. The molecule has 0 fully saturated rings. The van der Waals surface area contributed by atoms with Gasteiger partial charge in [0, 0.05) is 22.7 Å². The van der Waals surface area contributed by atoms with Gasteiger partial charge in [0.1, 0.15) is 6.04 Å². The van der Waals surface area contributed by atoms with Crippen molar-refractivity contribution in [1.29, 1.82) is 0 Å². The molecule has 1 unspecified atom stereocenters. The van der Waals surface area contributed by atoms with E-state index in [1.807, 2.05) is 0 Å². The topological polar surface area (TPSA) is 94.0 Å². The van der Waals surface area contributed by atoms with Gasteiger partial charge in [0.25, 0.3) is 0 Å². The maximum Gasteiger partial charge on any atom is 0.320 e. The predicted octanol–water partition coefficient (Wildman–Crippen LogP) is 1.59. The van der Waals surface area contributed by atoms with E-state index < -0.39 is 12.0 Å². The number of nitrogens with zero attached hydrogens (tertiary/aromatic N) is 3. The van der Waals surface area contributed by atoms with Gasteiger partial charge in [0.15, 0.2) is 0 Å². The van der Waals surface area contributed by atoms with Crippen LogP contribution in [-0.2, 0) is 17.8 Å². The molecule has 0 amide bonds. The van der Waals surface area contributed by atoms with Crippen molar-refractivity contribution in [3.05, 3.63) is 45.7 Å². The zero-order valence-corrected chi connectivity index (χ0v) is 11.8. The van der Waals surface area contributed by atoms with Gasteiger partial charge in [-0.2, -0.15) is 0 Å². The van der Waals surface area contributed by atoms with E-state index in [0.29, 0.717) is 22.3 Å². The second kappa shape index (κ2) is 6.21. The molecule has 106 valence electrons. The first kappa shape index (κ1) is 14.8. The fourth-order valence-electron chi connectivity index (χ4n) is 1.65. The van der Waals surface area contributed by atoms with Gasteiger partial charge in [0.2, 0.25) is 0 Å². The van der Waals surface area contributed by atoms with Crippen LogP contribution in [0, 0.1) is 0 Å². The fraction of sp³-hybridized carbons (Fsp3) is 0.250. The Morgan fingerprint density at radius 3 is 2.85 bits per heavy atom. The Morgan fingerprint density at radius 1 is 1.45 bits per heavy atom. The largest absolute Gasteiger partial charge is 0.480 e. The quantitative estimate of drug-likeness (QED) is 0.874. The third-order valence-corrected chi connectivity index (χ3v) is 3.27. The van der Waals surface area contributed by atoms with E-state index in [1.165, 1.54) is 0 Å². The minimum Gasteiger partial charge on any atom is -0.480 e. The van der Waals surface area contributed by atoms with E-state index in [1.54, 1.807) is 29.1 Å². The molecule has 0 saturated carbocycles. The molecule has 0 aliphatic heterocycles. The first-order chi connectivity index (χ1) is 9.45. The number of nitrogens with two attached hydrogens (primary N) is 1. The lowest BCUT2D eigenvalue weighted by Crippen LogP contribution is -2.32. The van der Waals surface area contributed by atoms with Crippen molar-refractivity contribution in [1.82, 2.24) is 15.0 Å². The van der Waals surface area contributed by atoms with Crippen molar-refractivity contribution >= 4 is 29.2 Å². The monoisotopic (exact) mass is 314 g/mol. The molecule has 1 heterocycles. The predicted molar refractivity (Wildman–Crippen MR) is 74.9 cm³/mol. The minimum atomic E-state index is -1.07. The summed E-state index contributed by atoms with van der Waals surface area (Å²) in [4.78, 5) is 10.7. The van der Waals surface area contributed by atoms with Crippen molar-refractivity contribution in [3.63, 3.8) is 0 Å². The van der Waals surface area contributed by atoms with Crippen LogP contribution in [-0.4, -0.2) is 32.1 Å². The number of aliphatic carboxylic acids is 1. The molecule has 0 bridgehead atoms. The number of aromatic nitrogens is 3. The average Bonchev–Trinajstić information content (AvgIpc) is 2.80. The van der Waals surface area contributed by atoms with Gasteiger partial charge in [-0.05, 0) is 17.7 Å². The number of hydrogen-bond donors (Lipinski definition) is 2. The van der Waals surface area contributed by atoms with E-state index in [-0.39, 0.29) is 6.42 Å². The highest BCUT2D eigenvalue weighted by molar-refractivity contribution is 6.35. The first-order valence-corrected chi connectivity index (χ1v) is 6.52. The van der Waals surface area contributed by atoms with E-state index in [0.717, 1.165) is 5.56 Å². The maximum absolute atomic E-state index is 10.7. The maximum atomic E-state index is 10.7. The molecule has 1 aromatic heterocycles. The summed E-state index contributed by atoms with van der Waals surface area (Å²) in [6, 6.07) is 4.20. The Labute approximate surface area is 125 Å². The molecular formula is C12H12Cl2N4O2. The zero-order valence-electron chi connectivity index (χ0n) is 10.3. The van der Waals surface area contributed by atoms with E-state index in [9.17, 15) is 4.79 Å². The lowest BCUT2D eigenvalue weighted by atomic mass is 10.2. The Morgan fingerprint density at radius 2 is 2.20 bits per heavy atom. The third-order valence-electron chi connectivity index (χ3n) is 2.68. The van der Waals surface area contributed by atoms with E-state index in [4.69, 9.17) is 34.0 Å². The van der Waals surface area contributed by atoms with Crippen LogP contribution in [0.3, 0.4) is 0 Å². The summed E-state index contributed by atoms with van der Waals surface area (Å²) in [7, 11) is 0.